The standard InChI is InChI=1S/C11H21NO2/c1-5-8(2)11(13)12-6-9(3)14-10(4)7-12/h8-10H,5-7H2,1-4H3/t8-,9-,10+/m1/s1. The average molecular weight is 199 g/mol. The molecular formula is C11H21NO2. The van der Waals surface area contributed by atoms with Crippen molar-refractivity contribution in [1.29, 1.82) is 0 Å². The van der Waals surface area contributed by atoms with E-state index in [2.05, 4.69) is 6.92 Å². The van der Waals surface area contributed by atoms with Crippen LogP contribution in [0.25, 0.3) is 0 Å². The number of hydrogen-bond acceptors (Lipinski definition) is 2. The molecule has 0 unspecified atom stereocenters. The predicted molar refractivity (Wildman–Crippen MR) is 56.0 cm³/mol. The molecule has 1 rings (SSSR count). The Morgan fingerprint density at radius 3 is 2.36 bits per heavy atom. The van der Waals surface area contributed by atoms with Crippen molar-refractivity contribution in [3.8, 4) is 0 Å². The van der Waals surface area contributed by atoms with Crippen molar-refractivity contribution >= 4 is 5.91 Å². The highest BCUT2D eigenvalue weighted by Crippen LogP contribution is 2.14. The van der Waals surface area contributed by atoms with E-state index in [4.69, 9.17) is 4.74 Å². The minimum atomic E-state index is 0.146. The molecule has 3 heteroatoms. The molecule has 1 saturated heterocycles. The normalized spacial score (nSPS) is 30.1. The summed E-state index contributed by atoms with van der Waals surface area (Å²) < 4.78 is 5.59. The topological polar surface area (TPSA) is 29.5 Å². The molecule has 14 heavy (non-hydrogen) atoms. The molecular weight excluding hydrogens is 178 g/mol. The molecule has 1 heterocycles. The van der Waals surface area contributed by atoms with Crippen LogP contribution in [-0.4, -0.2) is 36.1 Å². The quantitative estimate of drug-likeness (QED) is 0.677. The maximum atomic E-state index is 11.9. The van der Waals surface area contributed by atoms with Gasteiger partial charge in [0.05, 0.1) is 12.2 Å². The van der Waals surface area contributed by atoms with Crippen molar-refractivity contribution in [2.45, 2.75) is 46.3 Å². The SMILES string of the molecule is CC[C@@H](C)C(=O)N1C[C@@H](C)O[C@@H](C)C1. The van der Waals surface area contributed by atoms with Crippen molar-refractivity contribution in [2.24, 2.45) is 5.92 Å². The summed E-state index contributed by atoms with van der Waals surface area (Å²) in [4.78, 5) is 13.8. The second-order valence-corrected chi connectivity index (χ2v) is 4.31. The second-order valence-electron chi connectivity index (χ2n) is 4.31. The fourth-order valence-electron chi connectivity index (χ4n) is 1.84. The third kappa shape index (κ3) is 2.71. The Balaban J connectivity index is 2.54. The molecule has 0 saturated carbocycles. The summed E-state index contributed by atoms with van der Waals surface area (Å²) in [7, 11) is 0. The highest BCUT2D eigenvalue weighted by atomic mass is 16.5. The van der Waals surface area contributed by atoms with Crippen molar-refractivity contribution in [3.63, 3.8) is 0 Å². The molecule has 0 bridgehead atoms. The lowest BCUT2D eigenvalue weighted by Crippen LogP contribution is -2.49. The van der Waals surface area contributed by atoms with Crippen LogP contribution < -0.4 is 0 Å². The highest BCUT2D eigenvalue weighted by molar-refractivity contribution is 5.78. The minimum absolute atomic E-state index is 0.146. The van der Waals surface area contributed by atoms with Gasteiger partial charge in [0.2, 0.25) is 5.91 Å². The van der Waals surface area contributed by atoms with Crippen molar-refractivity contribution in [3.05, 3.63) is 0 Å². The molecule has 82 valence electrons. The van der Waals surface area contributed by atoms with E-state index in [0.717, 1.165) is 19.5 Å². The van der Waals surface area contributed by atoms with Crippen LogP contribution in [0.4, 0.5) is 0 Å². The summed E-state index contributed by atoms with van der Waals surface area (Å²) in [6, 6.07) is 0. The Morgan fingerprint density at radius 2 is 1.93 bits per heavy atom. The number of rotatable bonds is 2. The molecule has 0 aromatic carbocycles. The van der Waals surface area contributed by atoms with Crippen LogP contribution in [0.5, 0.6) is 0 Å². The fraction of sp³-hybridized carbons (Fsp3) is 0.909. The number of morpholine rings is 1. The van der Waals surface area contributed by atoms with Crippen LogP contribution in [-0.2, 0) is 9.53 Å². The van der Waals surface area contributed by atoms with Crippen LogP contribution in [0.2, 0.25) is 0 Å². The molecule has 1 amide bonds. The molecule has 1 aliphatic rings. The van der Waals surface area contributed by atoms with Crippen LogP contribution >= 0.6 is 0 Å². The highest BCUT2D eigenvalue weighted by Gasteiger charge is 2.27. The first-order valence-electron chi connectivity index (χ1n) is 5.48. The molecule has 0 aromatic rings. The molecule has 0 aliphatic carbocycles. The first kappa shape index (κ1) is 11.5. The first-order valence-corrected chi connectivity index (χ1v) is 5.48. The zero-order valence-corrected chi connectivity index (χ0v) is 9.62. The predicted octanol–water partition coefficient (Wildman–Crippen LogP) is 1.67. The fourth-order valence-corrected chi connectivity index (χ4v) is 1.84. The zero-order valence-electron chi connectivity index (χ0n) is 9.62. The summed E-state index contributed by atoms with van der Waals surface area (Å²) in [6.45, 7) is 9.57. The first-order chi connectivity index (χ1) is 6.54. The van der Waals surface area contributed by atoms with Gasteiger partial charge in [0.15, 0.2) is 0 Å². The summed E-state index contributed by atoms with van der Waals surface area (Å²) in [5.41, 5.74) is 0. The van der Waals surface area contributed by atoms with Gasteiger partial charge < -0.3 is 9.64 Å². The Labute approximate surface area is 86.4 Å². The van der Waals surface area contributed by atoms with Gasteiger partial charge in [0.1, 0.15) is 0 Å². The summed E-state index contributed by atoms with van der Waals surface area (Å²) in [6.07, 6.45) is 1.26. The zero-order chi connectivity index (χ0) is 10.7. The van der Waals surface area contributed by atoms with Crippen LogP contribution in [0.1, 0.15) is 34.1 Å². The Bertz CT molecular complexity index is 195. The Kier molecular flexibility index (Phi) is 3.93. The molecule has 1 fully saturated rings. The summed E-state index contributed by atoms with van der Waals surface area (Å²) >= 11 is 0. The van der Waals surface area contributed by atoms with E-state index in [1.807, 2.05) is 25.7 Å². The van der Waals surface area contributed by atoms with Gasteiger partial charge in [-0.2, -0.15) is 0 Å². The van der Waals surface area contributed by atoms with Gasteiger partial charge in [-0.15, -0.1) is 0 Å². The van der Waals surface area contributed by atoms with Gasteiger partial charge in [0, 0.05) is 19.0 Å². The number of ether oxygens (including phenoxy) is 1. The van der Waals surface area contributed by atoms with Gasteiger partial charge in [-0.05, 0) is 20.3 Å². The smallest absolute Gasteiger partial charge is 0.225 e. The average Bonchev–Trinajstić information content (AvgIpc) is 2.14. The Morgan fingerprint density at radius 1 is 1.43 bits per heavy atom. The molecule has 3 atom stereocenters. The molecule has 0 spiro atoms. The van der Waals surface area contributed by atoms with Crippen LogP contribution in [0, 0.1) is 5.92 Å². The minimum Gasteiger partial charge on any atom is -0.372 e. The largest absolute Gasteiger partial charge is 0.372 e. The van der Waals surface area contributed by atoms with Gasteiger partial charge in [-0.3, -0.25) is 4.79 Å². The van der Waals surface area contributed by atoms with Crippen molar-refractivity contribution < 1.29 is 9.53 Å². The van der Waals surface area contributed by atoms with E-state index in [9.17, 15) is 4.79 Å². The molecule has 0 aromatic heterocycles. The Hall–Kier alpha value is -0.570. The number of nitrogens with zero attached hydrogens (tertiary/aromatic N) is 1. The lowest BCUT2D eigenvalue weighted by atomic mass is 10.1. The van der Waals surface area contributed by atoms with Gasteiger partial charge in [-0.25, -0.2) is 0 Å². The maximum absolute atomic E-state index is 11.9. The number of carbonyl (C=O) groups excluding carboxylic acids is 1. The van der Waals surface area contributed by atoms with E-state index < -0.39 is 0 Å². The van der Waals surface area contributed by atoms with E-state index in [1.165, 1.54) is 0 Å². The van der Waals surface area contributed by atoms with E-state index in [0.29, 0.717) is 0 Å². The summed E-state index contributed by atoms with van der Waals surface area (Å²) in [5.74, 6) is 0.419. The number of amides is 1. The lowest BCUT2D eigenvalue weighted by molar-refractivity contribution is -0.147. The van der Waals surface area contributed by atoms with Gasteiger partial charge in [-0.1, -0.05) is 13.8 Å². The number of hydrogen-bond donors (Lipinski definition) is 0. The van der Waals surface area contributed by atoms with Crippen molar-refractivity contribution in [2.75, 3.05) is 13.1 Å². The van der Waals surface area contributed by atoms with Crippen molar-refractivity contribution in [1.82, 2.24) is 4.90 Å². The molecule has 0 N–H and O–H groups in total. The molecule has 0 radical (unpaired) electrons. The van der Waals surface area contributed by atoms with E-state index >= 15 is 0 Å². The maximum Gasteiger partial charge on any atom is 0.225 e. The monoisotopic (exact) mass is 199 g/mol. The van der Waals surface area contributed by atoms with Crippen LogP contribution in [0.15, 0.2) is 0 Å². The van der Waals surface area contributed by atoms with E-state index in [1.54, 1.807) is 0 Å². The number of carbonyl (C=O) groups is 1. The third-order valence-electron chi connectivity index (χ3n) is 2.77. The van der Waals surface area contributed by atoms with Gasteiger partial charge in [0.25, 0.3) is 0 Å². The second kappa shape index (κ2) is 4.78. The molecule has 1 aliphatic heterocycles. The molecule has 3 nitrogen and oxygen atoms in total. The van der Waals surface area contributed by atoms with Gasteiger partial charge >= 0.3 is 0 Å². The van der Waals surface area contributed by atoms with E-state index in [-0.39, 0.29) is 24.0 Å². The summed E-state index contributed by atoms with van der Waals surface area (Å²) in [5, 5.41) is 0. The van der Waals surface area contributed by atoms with Crippen LogP contribution in [0.3, 0.4) is 0 Å². The third-order valence-corrected chi connectivity index (χ3v) is 2.77. The lowest BCUT2D eigenvalue weighted by Gasteiger charge is -2.36.